The van der Waals surface area contributed by atoms with Crippen LogP contribution in [0.5, 0.6) is 0 Å². The Bertz CT molecular complexity index is 517. The molecule has 0 saturated carbocycles. The second-order valence-electron chi connectivity index (χ2n) is 7.18. The fraction of sp³-hybridized carbons (Fsp3) is 0.824. The van der Waals surface area contributed by atoms with Gasteiger partial charge in [0.15, 0.2) is 5.82 Å². The van der Waals surface area contributed by atoms with Crippen molar-refractivity contribution in [3.05, 3.63) is 11.7 Å². The van der Waals surface area contributed by atoms with E-state index in [0.29, 0.717) is 37.3 Å². The Morgan fingerprint density at radius 3 is 2.83 bits per heavy atom. The maximum atomic E-state index is 11.9. The van der Waals surface area contributed by atoms with Gasteiger partial charge in [0.05, 0.1) is 0 Å². The summed E-state index contributed by atoms with van der Waals surface area (Å²) < 4.78 is 5.16. The molecule has 1 fully saturated rings. The number of amides is 2. The van der Waals surface area contributed by atoms with Gasteiger partial charge in [0.2, 0.25) is 5.89 Å². The van der Waals surface area contributed by atoms with Crippen LogP contribution in [-0.2, 0) is 6.42 Å². The van der Waals surface area contributed by atoms with Gasteiger partial charge < -0.3 is 15.2 Å². The van der Waals surface area contributed by atoms with Crippen LogP contribution in [0.25, 0.3) is 0 Å². The fourth-order valence-electron chi connectivity index (χ4n) is 2.95. The number of hydrogen-bond donors (Lipinski definition) is 2. The summed E-state index contributed by atoms with van der Waals surface area (Å²) in [5.74, 6) is 2.27. The Morgan fingerprint density at radius 2 is 2.17 bits per heavy atom. The molecule has 0 spiro atoms. The lowest BCUT2D eigenvalue weighted by Crippen LogP contribution is -2.48. The number of carbonyl (C=O) groups excluding carboxylic acids is 1. The van der Waals surface area contributed by atoms with E-state index in [-0.39, 0.29) is 11.9 Å². The van der Waals surface area contributed by atoms with E-state index in [2.05, 4.69) is 39.5 Å². The van der Waals surface area contributed by atoms with Gasteiger partial charge in [-0.05, 0) is 32.2 Å². The van der Waals surface area contributed by atoms with Crippen LogP contribution in [0.4, 0.5) is 4.79 Å². The smallest absolute Gasteiger partial charge is 0.314 e. The van der Waals surface area contributed by atoms with Gasteiger partial charge in [0.25, 0.3) is 0 Å². The van der Waals surface area contributed by atoms with Crippen molar-refractivity contribution >= 4 is 6.03 Å². The Balaban J connectivity index is 1.62. The molecule has 2 rings (SSSR count). The highest BCUT2D eigenvalue weighted by molar-refractivity contribution is 5.73. The maximum absolute atomic E-state index is 11.9. The molecule has 1 aromatic rings. The molecule has 2 heterocycles. The third-order valence-corrected chi connectivity index (χ3v) is 4.49. The van der Waals surface area contributed by atoms with Crippen LogP contribution in [0.2, 0.25) is 0 Å². The van der Waals surface area contributed by atoms with Gasteiger partial charge in [-0.3, -0.25) is 4.90 Å². The van der Waals surface area contributed by atoms with Crippen molar-refractivity contribution in [3.8, 4) is 0 Å². The molecule has 7 nitrogen and oxygen atoms in total. The lowest BCUT2D eigenvalue weighted by molar-refractivity contribution is 0.137. The van der Waals surface area contributed by atoms with E-state index in [4.69, 9.17) is 4.52 Å². The van der Waals surface area contributed by atoms with Crippen molar-refractivity contribution in [2.24, 2.45) is 5.92 Å². The first kappa shape index (κ1) is 18.7. The van der Waals surface area contributed by atoms with Crippen LogP contribution in [0.3, 0.4) is 0 Å². The van der Waals surface area contributed by atoms with Gasteiger partial charge in [-0.1, -0.05) is 25.9 Å². The van der Waals surface area contributed by atoms with Crippen LogP contribution in [0.1, 0.15) is 58.2 Å². The highest BCUT2D eigenvalue weighted by Gasteiger charge is 2.21. The van der Waals surface area contributed by atoms with Crippen molar-refractivity contribution in [3.63, 3.8) is 0 Å². The number of likely N-dealkylation sites (tertiary alicyclic amines) is 1. The van der Waals surface area contributed by atoms with Gasteiger partial charge in [0.1, 0.15) is 0 Å². The molecule has 1 aliphatic rings. The summed E-state index contributed by atoms with van der Waals surface area (Å²) in [5, 5.41) is 9.70. The minimum Gasteiger partial charge on any atom is -0.339 e. The summed E-state index contributed by atoms with van der Waals surface area (Å²) in [6.45, 7) is 11.9. The van der Waals surface area contributed by atoms with Crippen LogP contribution in [-0.4, -0.2) is 53.3 Å². The molecule has 0 unspecified atom stereocenters. The second kappa shape index (κ2) is 9.01. The van der Waals surface area contributed by atoms with Gasteiger partial charge in [-0.15, -0.1) is 0 Å². The largest absolute Gasteiger partial charge is 0.339 e. The number of rotatable bonds is 7. The summed E-state index contributed by atoms with van der Waals surface area (Å²) in [6, 6.07) is 0.221. The molecule has 0 aromatic carbocycles. The van der Waals surface area contributed by atoms with E-state index >= 15 is 0 Å². The predicted octanol–water partition coefficient (Wildman–Crippen LogP) is 2.16. The second-order valence-corrected chi connectivity index (χ2v) is 7.18. The van der Waals surface area contributed by atoms with Crippen LogP contribution < -0.4 is 10.6 Å². The standard InChI is InChI=1S/C17H31N5O2/c1-12(2)16-20-15(24-21-16)7-8-18-17(23)19-10-14(4)22-9-5-6-13(3)11-22/h12-14H,5-11H2,1-4H3,(H2,18,19,23)/t13-,14-/m0/s1. The van der Waals surface area contributed by atoms with Crippen LogP contribution in [0.15, 0.2) is 4.52 Å². The van der Waals surface area contributed by atoms with E-state index in [1.807, 2.05) is 13.8 Å². The van der Waals surface area contributed by atoms with Gasteiger partial charge in [-0.25, -0.2) is 4.79 Å². The number of carbonyl (C=O) groups is 1. The Kier molecular flexibility index (Phi) is 7.02. The summed E-state index contributed by atoms with van der Waals surface area (Å²) in [4.78, 5) is 18.6. The number of urea groups is 1. The number of hydrogen-bond acceptors (Lipinski definition) is 5. The topological polar surface area (TPSA) is 83.3 Å². The molecule has 1 saturated heterocycles. The molecule has 0 aliphatic carbocycles. The molecular weight excluding hydrogens is 306 g/mol. The number of piperidine rings is 1. The van der Waals surface area contributed by atoms with Crippen molar-refractivity contribution in [2.45, 2.75) is 58.9 Å². The zero-order chi connectivity index (χ0) is 17.5. The zero-order valence-electron chi connectivity index (χ0n) is 15.3. The molecule has 0 bridgehead atoms. The van der Waals surface area contributed by atoms with E-state index in [0.717, 1.165) is 19.0 Å². The van der Waals surface area contributed by atoms with Crippen molar-refractivity contribution in [1.82, 2.24) is 25.7 Å². The minimum atomic E-state index is -0.143. The van der Waals surface area contributed by atoms with Crippen LogP contribution in [0, 0.1) is 5.92 Å². The van der Waals surface area contributed by atoms with E-state index in [1.165, 1.54) is 12.8 Å². The monoisotopic (exact) mass is 337 g/mol. The summed E-state index contributed by atoms with van der Waals surface area (Å²) in [5.41, 5.74) is 0. The predicted molar refractivity (Wildman–Crippen MR) is 92.9 cm³/mol. The fourth-order valence-corrected chi connectivity index (χ4v) is 2.95. The van der Waals surface area contributed by atoms with E-state index in [9.17, 15) is 4.79 Å². The average Bonchev–Trinajstić information content (AvgIpc) is 3.02. The first-order valence-corrected chi connectivity index (χ1v) is 9.04. The molecule has 24 heavy (non-hydrogen) atoms. The molecule has 1 aliphatic heterocycles. The molecule has 136 valence electrons. The van der Waals surface area contributed by atoms with E-state index in [1.54, 1.807) is 0 Å². The summed E-state index contributed by atoms with van der Waals surface area (Å²) in [7, 11) is 0. The molecule has 0 radical (unpaired) electrons. The Hall–Kier alpha value is -1.63. The first-order chi connectivity index (χ1) is 11.5. The molecule has 1 aromatic heterocycles. The summed E-state index contributed by atoms with van der Waals surface area (Å²) in [6.07, 6.45) is 3.11. The summed E-state index contributed by atoms with van der Waals surface area (Å²) >= 11 is 0. The van der Waals surface area contributed by atoms with Crippen molar-refractivity contribution in [2.75, 3.05) is 26.2 Å². The lowest BCUT2D eigenvalue weighted by Gasteiger charge is -2.35. The molecule has 7 heteroatoms. The van der Waals surface area contributed by atoms with Crippen molar-refractivity contribution < 1.29 is 9.32 Å². The minimum absolute atomic E-state index is 0.143. The SMILES string of the molecule is CC(C)c1noc(CCNC(=O)NC[C@H](C)N2CCC[C@H](C)C2)n1. The zero-order valence-corrected chi connectivity index (χ0v) is 15.3. The number of aromatic nitrogens is 2. The maximum Gasteiger partial charge on any atom is 0.314 e. The third kappa shape index (κ3) is 5.78. The third-order valence-electron chi connectivity index (χ3n) is 4.49. The highest BCUT2D eigenvalue weighted by atomic mass is 16.5. The first-order valence-electron chi connectivity index (χ1n) is 9.04. The van der Waals surface area contributed by atoms with Crippen LogP contribution >= 0.6 is 0 Å². The molecule has 2 atom stereocenters. The number of nitrogens with zero attached hydrogens (tertiary/aromatic N) is 3. The quantitative estimate of drug-likeness (QED) is 0.796. The van der Waals surface area contributed by atoms with Gasteiger partial charge in [0, 0.05) is 38.0 Å². The Morgan fingerprint density at radius 1 is 1.38 bits per heavy atom. The lowest BCUT2D eigenvalue weighted by atomic mass is 9.99. The number of nitrogens with one attached hydrogen (secondary N) is 2. The van der Waals surface area contributed by atoms with E-state index < -0.39 is 0 Å². The molecule has 2 amide bonds. The highest BCUT2D eigenvalue weighted by Crippen LogP contribution is 2.17. The Labute approximate surface area is 144 Å². The molecule has 2 N–H and O–H groups in total. The average molecular weight is 337 g/mol. The van der Waals surface area contributed by atoms with Gasteiger partial charge >= 0.3 is 6.03 Å². The normalized spacial score (nSPS) is 20.1. The molecular formula is C17H31N5O2. The van der Waals surface area contributed by atoms with Crippen molar-refractivity contribution in [1.29, 1.82) is 0 Å². The van der Waals surface area contributed by atoms with Gasteiger partial charge in [-0.2, -0.15) is 4.98 Å².